The number of nitrogen functional groups attached to an aromatic ring is 1. The Balaban J connectivity index is 1.88. The van der Waals surface area contributed by atoms with Crippen LogP contribution in [0.1, 0.15) is 12.0 Å². The Morgan fingerprint density at radius 3 is 2.96 bits per heavy atom. The molecule has 0 fully saturated rings. The number of fused-ring (bicyclic) bond motifs is 1. The van der Waals surface area contributed by atoms with E-state index < -0.39 is 0 Å². The summed E-state index contributed by atoms with van der Waals surface area (Å²) in [5, 5.41) is 6.85. The van der Waals surface area contributed by atoms with Crippen LogP contribution in [0.2, 0.25) is 0 Å². The van der Waals surface area contributed by atoms with Gasteiger partial charge in [0.15, 0.2) is 0 Å². The Kier molecular flexibility index (Phi) is 4.23. The third-order valence-corrected chi connectivity index (χ3v) is 3.79. The molecule has 0 unspecified atom stereocenters. The molecule has 1 aliphatic heterocycles. The van der Waals surface area contributed by atoms with Gasteiger partial charge in [-0.15, -0.1) is 0 Å². The third kappa shape index (κ3) is 3.31. The van der Waals surface area contributed by atoms with Gasteiger partial charge in [0.05, 0.1) is 12.1 Å². The Morgan fingerprint density at radius 2 is 2.22 bits per heavy atom. The summed E-state index contributed by atoms with van der Waals surface area (Å²) >= 11 is 0. The SMILES string of the molecule is CNC(=O)CCNc1cc(N)nc2cc(C3=CC=NC3)ccc12. The van der Waals surface area contributed by atoms with E-state index in [1.54, 1.807) is 13.1 Å². The van der Waals surface area contributed by atoms with E-state index >= 15 is 0 Å². The van der Waals surface area contributed by atoms with Crippen molar-refractivity contribution in [1.29, 1.82) is 0 Å². The molecule has 1 aromatic carbocycles. The lowest BCUT2D eigenvalue weighted by molar-refractivity contribution is -0.120. The summed E-state index contributed by atoms with van der Waals surface area (Å²) in [4.78, 5) is 19.9. The number of benzene rings is 1. The molecule has 0 saturated carbocycles. The fourth-order valence-corrected chi connectivity index (χ4v) is 2.56. The average Bonchev–Trinajstić information content (AvgIpc) is 3.08. The molecule has 0 saturated heterocycles. The first-order valence-electron chi connectivity index (χ1n) is 7.51. The highest BCUT2D eigenvalue weighted by molar-refractivity contribution is 5.97. The van der Waals surface area contributed by atoms with E-state index in [0.29, 0.717) is 25.3 Å². The second-order valence-corrected chi connectivity index (χ2v) is 5.36. The van der Waals surface area contributed by atoms with Crippen LogP contribution in [-0.4, -0.2) is 37.2 Å². The van der Waals surface area contributed by atoms with Crippen molar-refractivity contribution in [2.75, 3.05) is 31.2 Å². The fraction of sp³-hybridized carbons (Fsp3) is 0.235. The average molecular weight is 309 g/mol. The van der Waals surface area contributed by atoms with E-state index in [1.165, 1.54) is 5.57 Å². The van der Waals surface area contributed by atoms with Crippen LogP contribution < -0.4 is 16.4 Å². The normalized spacial score (nSPS) is 13.2. The molecule has 2 aromatic rings. The van der Waals surface area contributed by atoms with Crippen molar-refractivity contribution in [2.45, 2.75) is 6.42 Å². The number of hydrogen-bond acceptors (Lipinski definition) is 5. The molecule has 118 valence electrons. The van der Waals surface area contributed by atoms with Gasteiger partial charge in [-0.3, -0.25) is 9.79 Å². The first-order chi connectivity index (χ1) is 11.2. The number of anilines is 2. The van der Waals surface area contributed by atoms with Crippen LogP contribution in [0, 0.1) is 0 Å². The maximum atomic E-state index is 11.3. The molecule has 23 heavy (non-hydrogen) atoms. The molecule has 4 N–H and O–H groups in total. The number of nitrogens with zero attached hydrogens (tertiary/aromatic N) is 2. The molecule has 0 aliphatic carbocycles. The Labute approximate surface area is 134 Å². The molecule has 1 amide bonds. The van der Waals surface area contributed by atoms with Crippen molar-refractivity contribution in [3.63, 3.8) is 0 Å². The van der Waals surface area contributed by atoms with E-state index in [9.17, 15) is 4.79 Å². The van der Waals surface area contributed by atoms with Gasteiger partial charge in [0.2, 0.25) is 5.91 Å². The molecule has 0 radical (unpaired) electrons. The Bertz CT molecular complexity index is 810. The maximum Gasteiger partial charge on any atom is 0.221 e. The molecule has 2 heterocycles. The van der Waals surface area contributed by atoms with Crippen LogP contribution in [0.4, 0.5) is 11.5 Å². The van der Waals surface area contributed by atoms with Gasteiger partial charge in [0.1, 0.15) is 5.82 Å². The number of nitrogens with one attached hydrogen (secondary N) is 2. The first-order valence-corrected chi connectivity index (χ1v) is 7.51. The molecule has 0 spiro atoms. The highest BCUT2D eigenvalue weighted by Crippen LogP contribution is 2.28. The van der Waals surface area contributed by atoms with Gasteiger partial charge in [-0.1, -0.05) is 12.1 Å². The number of hydrogen-bond donors (Lipinski definition) is 3. The fourth-order valence-electron chi connectivity index (χ4n) is 2.56. The lowest BCUT2D eigenvalue weighted by Gasteiger charge is -2.11. The molecule has 1 aromatic heterocycles. The lowest BCUT2D eigenvalue weighted by Crippen LogP contribution is -2.20. The van der Waals surface area contributed by atoms with Crippen LogP contribution in [0.15, 0.2) is 35.3 Å². The van der Waals surface area contributed by atoms with Gasteiger partial charge in [0.25, 0.3) is 0 Å². The zero-order valence-electron chi connectivity index (χ0n) is 13.0. The molecule has 0 bridgehead atoms. The van der Waals surface area contributed by atoms with Gasteiger partial charge in [-0.25, -0.2) is 4.98 Å². The van der Waals surface area contributed by atoms with E-state index in [-0.39, 0.29) is 5.91 Å². The number of allylic oxidation sites excluding steroid dienone is 1. The topological polar surface area (TPSA) is 92.4 Å². The van der Waals surface area contributed by atoms with Gasteiger partial charge >= 0.3 is 0 Å². The molecular formula is C17H19N5O. The van der Waals surface area contributed by atoms with Crippen molar-refractivity contribution in [3.8, 4) is 0 Å². The summed E-state index contributed by atoms with van der Waals surface area (Å²) in [7, 11) is 1.63. The summed E-state index contributed by atoms with van der Waals surface area (Å²) in [5.74, 6) is 0.452. The zero-order chi connectivity index (χ0) is 16.2. The van der Waals surface area contributed by atoms with Gasteiger partial charge in [0, 0.05) is 43.4 Å². The van der Waals surface area contributed by atoms with Crippen molar-refractivity contribution < 1.29 is 4.79 Å². The van der Waals surface area contributed by atoms with Gasteiger partial charge in [-0.2, -0.15) is 0 Å². The van der Waals surface area contributed by atoms with Crippen LogP contribution >= 0.6 is 0 Å². The highest BCUT2D eigenvalue weighted by atomic mass is 16.1. The van der Waals surface area contributed by atoms with E-state index in [1.807, 2.05) is 24.4 Å². The van der Waals surface area contributed by atoms with Crippen molar-refractivity contribution in [2.24, 2.45) is 4.99 Å². The largest absolute Gasteiger partial charge is 0.384 e. The smallest absolute Gasteiger partial charge is 0.221 e. The molecule has 1 aliphatic rings. The lowest BCUT2D eigenvalue weighted by atomic mass is 10.0. The summed E-state index contributed by atoms with van der Waals surface area (Å²) < 4.78 is 0. The predicted molar refractivity (Wildman–Crippen MR) is 94.7 cm³/mol. The number of rotatable bonds is 5. The number of aliphatic imine (C=N–C) groups is 1. The van der Waals surface area contributed by atoms with E-state index in [2.05, 4.69) is 26.7 Å². The minimum Gasteiger partial charge on any atom is -0.384 e. The number of carbonyl (C=O) groups is 1. The second kappa shape index (κ2) is 6.48. The number of carbonyl (C=O) groups excluding carboxylic acids is 1. The third-order valence-electron chi connectivity index (χ3n) is 3.79. The molecule has 0 atom stereocenters. The van der Waals surface area contributed by atoms with Crippen molar-refractivity contribution in [3.05, 3.63) is 35.9 Å². The number of aromatic nitrogens is 1. The molecular weight excluding hydrogens is 290 g/mol. The maximum absolute atomic E-state index is 11.3. The summed E-state index contributed by atoms with van der Waals surface area (Å²) in [6.07, 6.45) is 4.23. The zero-order valence-corrected chi connectivity index (χ0v) is 13.0. The standard InChI is InChI=1S/C17H19N5O/c1-19-17(23)5-7-21-14-9-16(18)22-15-8-11(2-3-13(14)15)12-4-6-20-10-12/h2-4,6,8-9H,5,7,10H2,1H3,(H,19,23)(H3,18,21,22). The van der Waals surface area contributed by atoms with Crippen LogP contribution in [0.25, 0.3) is 16.5 Å². The van der Waals surface area contributed by atoms with Crippen molar-refractivity contribution in [1.82, 2.24) is 10.3 Å². The quantitative estimate of drug-likeness (QED) is 0.785. The summed E-state index contributed by atoms with van der Waals surface area (Å²) in [6, 6.07) is 7.91. The molecule has 3 rings (SSSR count). The second-order valence-electron chi connectivity index (χ2n) is 5.36. The monoisotopic (exact) mass is 309 g/mol. The number of pyridine rings is 1. The van der Waals surface area contributed by atoms with Crippen LogP contribution in [0.3, 0.4) is 0 Å². The number of nitrogens with two attached hydrogens (primary N) is 1. The summed E-state index contributed by atoms with van der Waals surface area (Å²) in [5.41, 5.74) is 9.91. The Morgan fingerprint density at radius 1 is 1.35 bits per heavy atom. The molecule has 6 heteroatoms. The summed E-state index contributed by atoms with van der Waals surface area (Å²) in [6.45, 7) is 1.24. The van der Waals surface area contributed by atoms with Crippen LogP contribution in [0.5, 0.6) is 0 Å². The van der Waals surface area contributed by atoms with E-state index in [4.69, 9.17) is 5.73 Å². The number of amides is 1. The van der Waals surface area contributed by atoms with Gasteiger partial charge in [-0.05, 0) is 23.3 Å². The minimum absolute atomic E-state index is 0.000657. The predicted octanol–water partition coefficient (Wildman–Crippen LogP) is 1.83. The Hall–Kier alpha value is -2.89. The molecule has 6 nitrogen and oxygen atoms in total. The first kappa shape index (κ1) is 15.0. The van der Waals surface area contributed by atoms with Crippen LogP contribution in [-0.2, 0) is 4.79 Å². The highest BCUT2D eigenvalue weighted by Gasteiger charge is 2.09. The van der Waals surface area contributed by atoms with Crippen molar-refractivity contribution >= 4 is 40.1 Å². The minimum atomic E-state index is -0.000657. The van der Waals surface area contributed by atoms with E-state index in [0.717, 1.165) is 22.2 Å². The van der Waals surface area contributed by atoms with Gasteiger partial charge < -0.3 is 16.4 Å².